The second-order valence-corrected chi connectivity index (χ2v) is 6.71. The summed E-state index contributed by atoms with van der Waals surface area (Å²) in [6.07, 6.45) is 3.08. The molecule has 1 aromatic carbocycles. The van der Waals surface area contributed by atoms with Gasteiger partial charge in [0.2, 0.25) is 0 Å². The fourth-order valence-corrected chi connectivity index (χ4v) is 3.16. The number of rotatable bonds is 9. The minimum absolute atomic E-state index is 0.208. The van der Waals surface area contributed by atoms with Gasteiger partial charge in [-0.2, -0.15) is 11.3 Å². The van der Waals surface area contributed by atoms with Crippen LogP contribution in [-0.4, -0.2) is 24.2 Å². The second kappa shape index (κ2) is 10.1. The molecule has 0 unspecified atom stereocenters. The third-order valence-electron chi connectivity index (χ3n) is 3.51. The van der Waals surface area contributed by atoms with Crippen LogP contribution in [0.25, 0.3) is 0 Å². The zero-order valence-electron chi connectivity index (χ0n) is 13.8. The predicted octanol–water partition coefficient (Wildman–Crippen LogP) is 4.14. The highest BCUT2D eigenvalue weighted by molar-refractivity contribution is 7.08. The van der Waals surface area contributed by atoms with Gasteiger partial charge in [0.25, 0.3) is 0 Å². The minimum atomic E-state index is -0.208. The Morgan fingerprint density at radius 3 is 2.84 bits per heavy atom. The number of nitrogens with one attached hydrogen (secondary N) is 3. The average Bonchev–Trinajstić information content (AvgIpc) is 3.07. The van der Waals surface area contributed by atoms with E-state index in [1.165, 1.54) is 11.3 Å². The molecule has 134 valence electrons. The molecule has 7 heteroatoms. The summed E-state index contributed by atoms with van der Waals surface area (Å²) in [6.45, 7) is 5.46. The fourth-order valence-electron chi connectivity index (χ4n) is 2.31. The predicted molar refractivity (Wildman–Crippen MR) is 105 cm³/mol. The van der Waals surface area contributed by atoms with Gasteiger partial charge in [-0.3, -0.25) is 0 Å². The maximum absolute atomic E-state index is 11.7. The van der Waals surface area contributed by atoms with Crippen LogP contribution in [0.2, 0.25) is 5.02 Å². The Morgan fingerprint density at radius 1 is 1.32 bits per heavy atom. The lowest BCUT2D eigenvalue weighted by atomic mass is 10.1. The zero-order valence-corrected chi connectivity index (χ0v) is 15.4. The van der Waals surface area contributed by atoms with E-state index in [9.17, 15) is 9.90 Å². The lowest BCUT2D eigenvalue weighted by Gasteiger charge is -2.11. The lowest BCUT2D eigenvalue weighted by Crippen LogP contribution is -2.31. The number of benzene rings is 1. The van der Waals surface area contributed by atoms with Gasteiger partial charge in [-0.05, 0) is 48.5 Å². The molecule has 5 nitrogen and oxygen atoms in total. The molecule has 0 saturated heterocycles. The summed E-state index contributed by atoms with van der Waals surface area (Å²) in [7, 11) is 0. The molecule has 0 aliphatic carbocycles. The molecule has 4 N–H and O–H groups in total. The monoisotopic (exact) mass is 379 g/mol. The number of thiophene rings is 1. The van der Waals surface area contributed by atoms with E-state index < -0.39 is 0 Å². The van der Waals surface area contributed by atoms with Crippen molar-refractivity contribution in [3.63, 3.8) is 0 Å². The van der Waals surface area contributed by atoms with Gasteiger partial charge in [0.1, 0.15) is 5.75 Å². The number of allylic oxidation sites excluding steroid dienone is 1. The van der Waals surface area contributed by atoms with Crippen molar-refractivity contribution < 1.29 is 9.90 Å². The normalized spacial score (nSPS) is 10.4. The topological polar surface area (TPSA) is 73.4 Å². The Labute approximate surface area is 156 Å². The molecule has 0 bridgehead atoms. The van der Waals surface area contributed by atoms with Crippen LogP contribution in [0.3, 0.4) is 0 Å². The van der Waals surface area contributed by atoms with E-state index in [0.29, 0.717) is 31.1 Å². The van der Waals surface area contributed by atoms with Gasteiger partial charge >= 0.3 is 6.03 Å². The number of hydrogen-bond acceptors (Lipinski definition) is 4. The molecule has 1 heterocycles. The van der Waals surface area contributed by atoms with Crippen molar-refractivity contribution in [1.29, 1.82) is 0 Å². The Hall–Kier alpha value is -2.02. The molecule has 2 rings (SSSR count). The molecule has 0 fully saturated rings. The Kier molecular flexibility index (Phi) is 7.78. The van der Waals surface area contributed by atoms with Crippen molar-refractivity contribution >= 4 is 34.7 Å². The first-order valence-corrected chi connectivity index (χ1v) is 9.31. The summed E-state index contributed by atoms with van der Waals surface area (Å²) in [4.78, 5) is 11.7. The summed E-state index contributed by atoms with van der Waals surface area (Å²) in [5.74, 6) is 0.255. The van der Waals surface area contributed by atoms with Gasteiger partial charge in [0.05, 0.1) is 5.69 Å². The molecule has 0 saturated carbocycles. The van der Waals surface area contributed by atoms with Gasteiger partial charge in [0, 0.05) is 29.1 Å². The van der Waals surface area contributed by atoms with Crippen molar-refractivity contribution in [2.24, 2.45) is 0 Å². The summed E-state index contributed by atoms with van der Waals surface area (Å²) < 4.78 is 0. The third-order valence-corrected chi connectivity index (χ3v) is 4.41. The van der Waals surface area contributed by atoms with Crippen molar-refractivity contribution in [2.45, 2.75) is 19.4 Å². The van der Waals surface area contributed by atoms with Crippen LogP contribution < -0.4 is 16.0 Å². The van der Waals surface area contributed by atoms with Crippen LogP contribution >= 0.6 is 22.9 Å². The molecule has 25 heavy (non-hydrogen) atoms. The molecule has 0 aliphatic heterocycles. The molecule has 2 amide bonds. The van der Waals surface area contributed by atoms with Crippen LogP contribution in [0, 0.1) is 0 Å². The maximum Gasteiger partial charge on any atom is 0.319 e. The van der Waals surface area contributed by atoms with E-state index in [2.05, 4.69) is 22.5 Å². The van der Waals surface area contributed by atoms with Gasteiger partial charge in [-0.25, -0.2) is 4.79 Å². The number of aromatic hydroxyl groups is 1. The molecular formula is C18H22ClN3O2S. The largest absolute Gasteiger partial charge is 0.507 e. The quantitative estimate of drug-likeness (QED) is 0.391. The van der Waals surface area contributed by atoms with Gasteiger partial charge < -0.3 is 21.1 Å². The molecule has 1 aromatic heterocycles. The van der Waals surface area contributed by atoms with Gasteiger partial charge in [-0.1, -0.05) is 17.7 Å². The van der Waals surface area contributed by atoms with Crippen LogP contribution in [0.4, 0.5) is 10.5 Å². The fraction of sp³-hybridized carbons (Fsp3) is 0.278. The van der Waals surface area contributed by atoms with Crippen molar-refractivity contribution in [1.82, 2.24) is 10.6 Å². The number of anilines is 1. The van der Waals surface area contributed by atoms with Crippen molar-refractivity contribution in [3.8, 4) is 5.75 Å². The number of hydrogen-bond donors (Lipinski definition) is 4. The minimum Gasteiger partial charge on any atom is -0.507 e. The van der Waals surface area contributed by atoms with E-state index in [0.717, 1.165) is 23.2 Å². The van der Waals surface area contributed by atoms with E-state index in [1.807, 2.05) is 16.8 Å². The number of amides is 2. The van der Waals surface area contributed by atoms with Crippen LogP contribution in [0.5, 0.6) is 5.75 Å². The van der Waals surface area contributed by atoms with Gasteiger partial charge in [0.15, 0.2) is 0 Å². The van der Waals surface area contributed by atoms with E-state index in [4.69, 9.17) is 11.6 Å². The van der Waals surface area contributed by atoms with Crippen molar-refractivity contribution in [2.75, 3.05) is 18.4 Å². The molecule has 0 aliphatic rings. The van der Waals surface area contributed by atoms with Crippen LogP contribution in [-0.2, 0) is 13.0 Å². The number of urea groups is 1. The number of carbonyl (C=O) groups excluding carboxylic acids is 1. The first-order valence-electron chi connectivity index (χ1n) is 7.99. The Morgan fingerprint density at radius 2 is 2.12 bits per heavy atom. The highest BCUT2D eigenvalue weighted by Crippen LogP contribution is 2.27. The summed E-state index contributed by atoms with van der Waals surface area (Å²) in [5.41, 5.74) is 2.32. The molecule has 0 radical (unpaired) electrons. The average molecular weight is 380 g/mol. The lowest BCUT2D eigenvalue weighted by molar-refractivity contribution is 0.252. The van der Waals surface area contributed by atoms with Crippen LogP contribution in [0.1, 0.15) is 17.5 Å². The van der Waals surface area contributed by atoms with Gasteiger partial charge in [-0.15, -0.1) is 6.58 Å². The summed E-state index contributed by atoms with van der Waals surface area (Å²) in [6, 6.07) is 5.14. The SMILES string of the molecule is C=CCc1cc(Cl)cc(CNCCCNC(=O)Nc2ccsc2)c1O. The smallest absolute Gasteiger partial charge is 0.319 e. The van der Waals surface area contributed by atoms with E-state index >= 15 is 0 Å². The first-order chi connectivity index (χ1) is 12.1. The first kappa shape index (κ1) is 19.3. The summed E-state index contributed by atoms with van der Waals surface area (Å²) in [5, 5.41) is 23.4. The van der Waals surface area contributed by atoms with Crippen molar-refractivity contribution in [3.05, 3.63) is 57.8 Å². The Bertz CT molecular complexity index is 705. The number of carbonyl (C=O) groups is 1. The Balaban J connectivity index is 1.67. The standard InChI is InChI=1S/C18H22ClN3O2S/c1-2-4-13-9-15(19)10-14(17(13)23)11-20-6-3-7-21-18(24)22-16-5-8-25-12-16/h2,5,8-10,12,20,23H,1,3-4,6-7,11H2,(H2,21,22,24). The third kappa shape index (κ3) is 6.42. The highest BCUT2D eigenvalue weighted by Gasteiger charge is 2.08. The maximum atomic E-state index is 11.7. The second-order valence-electron chi connectivity index (χ2n) is 5.49. The molecule has 0 atom stereocenters. The molecule has 2 aromatic rings. The van der Waals surface area contributed by atoms with E-state index in [1.54, 1.807) is 18.2 Å². The highest BCUT2D eigenvalue weighted by atomic mass is 35.5. The number of phenolic OH excluding ortho intramolecular Hbond substituents is 1. The number of halogens is 1. The summed E-state index contributed by atoms with van der Waals surface area (Å²) >= 11 is 7.62. The molecule has 0 spiro atoms. The molecular weight excluding hydrogens is 358 g/mol. The van der Waals surface area contributed by atoms with E-state index in [-0.39, 0.29) is 11.8 Å². The zero-order chi connectivity index (χ0) is 18.1. The number of phenols is 1. The van der Waals surface area contributed by atoms with Crippen LogP contribution in [0.15, 0.2) is 41.6 Å².